The molecule has 1 aliphatic carbocycles. The predicted octanol–water partition coefficient (Wildman–Crippen LogP) is 1.22. The highest BCUT2D eigenvalue weighted by atomic mass is 16.4. The minimum atomic E-state index is -0.674. The molecule has 88 valence electrons. The summed E-state index contributed by atoms with van der Waals surface area (Å²) < 4.78 is 0. The number of hydrogen-bond acceptors (Lipinski definition) is 3. The maximum Gasteiger partial charge on any atom is 0.308 e. The standard InChI is InChI=1S/C12H18N2O2/c15-12(16)9-5-1-2-6-10(9)14-11-7-3-4-8-13-11/h3-4,7-11,13-14H,1-2,5-6H2,(H,15,16). The molecule has 1 aliphatic heterocycles. The third-order valence-corrected chi connectivity index (χ3v) is 3.26. The normalized spacial score (nSPS) is 33.4. The fourth-order valence-electron chi connectivity index (χ4n) is 2.41. The summed E-state index contributed by atoms with van der Waals surface area (Å²) >= 11 is 0. The van der Waals surface area contributed by atoms with Crippen LogP contribution in [0.15, 0.2) is 24.4 Å². The van der Waals surface area contributed by atoms with Crippen molar-refractivity contribution < 1.29 is 9.90 Å². The van der Waals surface area contributed by atoms with Crippen LogP contribution in [0.1, 0.15) is 25.7 Å². The van der Waals surface area contributed by atoms with Gasteiger partial charge in [0.25, 0.3) is 0 Å². The van der Waals surface area contributed by atoms with Gasteiger partial charge >= 0.3 is 5.97 Å². The molecule has 4 nitrogen and oxygen atoms in total. The Hall–Kier alpha value is -1.29. The molecule has 1 fully saturated rings. The second-order valence-electron chi connectivity index (χ2n) is 4.39. The minimum Gasteiger partial charge on any atom is -0.481 e. The van der Waals surface area contributed by atoms with E-state index in [2.05, 4.69) is 10.6 Å². The number of rotatable bonds is 3. The van der Waals surface area contributed by atoms with E-state index in [9.17, 15) is 4.79 Å². The van der Waals surface area contributed by atoms with Crippen molar-refractivity contribution in [1.82, 2.24) is 10.6 Å². The van der Waals surface area contributed by atoms with Gasteiger partial charge in [-0.2, -0.15) is 0 Å². The van der Waals surface area contributed by atoms with Crippen molar-refractivity contribution in [3.63, 3.8) is 0 Å². The van der Waals surface area contributed by atoms with Gasteiger partial charge in [0.15, 0.2) is 0 Å². The van der Waals surface area contributed by atoms with Crippen LogP contribution in [0.2, 0.25) is 0 Å². The van der Waals surface area contributed by atoms with Crippen molar-refractivity contribution in [3.8, 4) is 0 Å². The van der Waals surface area contributed by atoms with E-state index in [1.54, 1.807) is 0 Å². The number of carbonyl (C=O) groups is 1. The summed E-state index contributed by atoms with van der Waals surface area (Å²) in [5.41, 5.74) is 0. The summed E-state index contributed by atoms with van der Waals surface area (Å²) in [5.74, 6) is -0.914. The van der Waals surface area contributed by atoms with Gasteiger partial charge in [0.1, 0.15) is 0 Å². The zero-order valence-electron chi connectivity index (χ0n) is 9.23. The lowest BCUT2D eigenvalue weighted by atomic mass is 9.84. The van der Waals surface area contributed by atoms with E-state index in [1.807, 2.05) is 24.4 Å². The van der Waals surface area contributed by atoms with Gasteiger partial charge in [-0.25, -0.2) is 0 Å². The Balaban J connectivity index is 1.93. The van der Waals surface area contributed by atoms with Gasteiger partial charge in [-0.05, 0) is 31.2 Å². The number of aliphatic carboxylic acids is 1. The van der Waals surface area contributed by atoms with Crippen LogP contribution in [-0.2, 0) is 4.79 Å². The van der Waals surface area contributed by atoms with Crippen LogP contribution < -0.4 is 10.6 Å². The van der Waals surface area contributed by atoms with E-state index >= 15 is 0 Å². The van der Waals surface area contributed by atoms with Crippen molar-refractivity contribution in [2.75, 3.05) is 0 Å². The fraction of sp³-hybridized carbons (Fsp3) is 0.583. The van der Waals surface area contributed by atoms with Gasteiger partial charge in [0.05, 0.1) is 12.1 Å². The molecular formula is C12H18N2O2. The molecule has 0 bridgehead atoms. The van der Waals surface area contributed by atoms with E-state index in [0.717, 1.165) is 25.7 Å². The number of nitrogens with one attached hydrogen (secondary N) is 2. The van der Waals surface area contributed by atoms with Gasteiger partial charge in [-0.1, -0.05) is 18.9 Å². The van der Waals surface area contributed by atoms with E-state index in [4.69, 9.17) is 5.11 Å². The highest BCUT2D eigenvalue weighted by molar-refractivity contribution is 5.71. The molecule has 0 aromatic heterocycles. The SMILES string of the molecule is O=C(O)C1CCCCC1NC1C=CC=CN1. The number of hydrogen-bond donors (Lipinski definition) is 3. The topological polar surface area (TPSA) is 61.4 Å². The monoisotopic (exact) mass is 222 g/mol. The fourth-order valence-corrected chi connectivity index (χ4v) is 2.41. The first-order valence-electron chi connectivity index (χ1n) is 5.85. The first kappa shape index (κ1) is 11.2. The molecule has 0 saturated heterocycles. The zero-order chi connectivity index (χ0) is 11.4. The molecule has 0 aromatic rings. The summed E-state index contributed by atoms with van der Waals surface area (Å²) in [6.07, 6.45) is 11.7. The maximum atomic E-state index is 11.1. The highest BCUT2D eigenvalue weighted by Crippen LogP contribution is 2.25. The van der Waals surface area contributed by atoms with Crippen LogP contribution in [0.25, 0.3) is 0 Å². The Morgan fingerprint density at radius 1 is 1.31 bits per heavy atom. The number of carboxylic acids is 1. The molecule has 2 aliphatic rings. The van der Waals surface area contributed by atoms with Gasteiger partial charge < -0.3 is 10.4 Å². The van der Waals surface area contributed by atoms with Crippen LogP contribution in [0, 0.1) is 5.92 Å². The van der Waals surface area contributed by atoms with Gasteiger partial charge in [0.2, 0.25) is 0 Å². The van der Waals surface area contributed by atoms with Crippen molar-refractivity contribution >= 4 is 5.97 Å². The molecule has 1 saturated carbocycles. The van der Waals surface area contributed by atoms with Crippen LogP contribution in [-0.4, -0.2) is 23.3 Å². The smallest absolute Gasteiger partial charge is 0.308 e. The second kappa shape index (κ2) is 5.16. The molecule has 3 N–H and O–H groups in total. The van der Waals surface area contributed by atoms with Crippen LogP contribution in [0.3, 0.4) is 0 Å². The second-order valence-corrected chi connectivity index (χ2v) is 4.39. The van der Waals surface area contributed by atoms with Crippen molar-refractivity contribution in [2.45, 2.75) is 37.9 Å². The molecule has 3 unspecified atom stereocenters. The predicted molar refractivity (Wildman–Crippen MR) is 61.7 cm³/mol. The Bertz CT molecular complexity index is 312. The van der Waals surface area contributed by atoms with Crippen LogP contribution in [0.4, 0.5) is 0 Å². The molecule has 1 heterocycles. The van der Waals surface area contributed by atoms with E-state index in [1.165, 1.54) is 0 Å². The molecular weight excluding hydrogens is 204 g/mol. The van der Waals surface area contributed by atoms with Crippen molar-refractivity contribution in [3.05, 3.63) is 24.4 Å². The molecule has 3 atom stereocenters. The Morgan fingerprint density at radius 3 is 2.81 bits per heavy atom. The molecule has 0 radical (unpaired) electrons. The average molecular weight is 222 g/mol. The minimum absolute atomic E-state index is 0.0648. The van der Waals surface area contributed by atoms with Gasteiger partial charge in [-0.3, -0.25) is 10.1 Å². The van der Waals surface area contributed by atoms with Crippen LogP contribution >= 0.6 is 0 Å². The Labute approximate surface area is 95.4 Å². The lowest BCUT2D eigenvalue weighted by Gasteiger charge is -2.32. The third kappa shape index (κ3) is 2.64. The van der Waals surface area contributed by atoms with E-state index < -0.39 is 5.97 Å². The number of allylic oxidation sites excluding steroid dienone is 2. The molecule has 16 heavy (non-hydrogen) atoms. The molecule has 0 aromatic carbocycles. The van der Waals surface area contributed by atoms with Gasteiger partial charge in [0, 0.05) is 6.04 Å². The lowest BCUT2D eigenvalue weighted by Crippen LogP contribution is -2.50. The summed E-state index contributed by atoms with van der Waals surface area (Å²) in [4.78, 5) is 11.1. The van der Waals surface area contributed by atoms with Crippen molar-refractivity contribution in [2.24, 2.45) is 5.92 Å². The molecule has 0 spiro atoms. The summed E-state index contributed by atoms with van der Waals surface area (Å²) in [7, 11) is 0. The molecule has 2 rings (SSSR count). The highest BCUT2D eigenvalue weighted by Gasteiger charge is 2.31. The Kier molecular flexibility index (Phi) is 3.62. The van der Waals surface area contributed by atoms with Crippen molar-refractivity contribution in [1.29, 1.82) is 0 Å². The quantitative estimate of drug-likeness (QED) is 0.672. The summed E-state index contributed by atoms with van der Waals surface area (Å²) in [5, 5.41) is 15.7. The average Bonchev–Trinajstić information content (AvgIpc) is 2.31. The Morgan fingerprint density at radius 2 is 2.12 bits per heavy atom. The van der Waals surface area contributed by atoms with E-state index in [0.29, 0.717) is 0 Å². The summed E-state index contributed by atoms with van der Waals surface area (Å²) in [6, 6.07) is 0.0832. The van der Waals surface area contributed by atoms with E-state index in [-0.39, 0.29) is 18.1 Å². The van der Waals surface area contributed by atoms with Gasteiger partial charge in [-0.15, -0.1) is 0 Å². The first-order valence-corrected chi connectivity index (χ1v) is 5.85. The largest absolute Gasteiger partial charge is 0.481 e. The summed E-state index contributed by atoms with van der Waals surface area (Å²) in [6.45, 7) is 0. The van der Waals surface area contributed by atoms with Crippen LogP contribution in [0.5, 0.6) is 0 Å². The lowest BCUT2D eigenvalue weighted by molar-refractivity contribution is -0.143. The maximum absolute atomic E-state index is 11.1. The third-order valence-electron chi connectivity index (χ3n) is 3.26. The zero-order valence-corrected chi connectivity index (χ0v) is 9.23. The first-order chi connectivity index (χ1) is 7.77. The number of carboxylic acid groups (broad SMARTS) is 1. The molecule has 4 heteroatoms. The number of dihydropyridines is 1. The molecule has 0 amide bonds.